The number of hydroxylamine groups is 2. The molecule has 3 aliphatic rings. The number of rotatable bonds is 12. The van der Waals surface area contributed by atoms with Gasteiger partial charge in [-0.25, -0.2) is 4.79 Å². The molecule has 0 aromatic heterocycles. The second-order valence-corrected chi connectivity index (χ2v) is 12.0. The summed E-state index contributed by atoms with van der Waals surface area (Å²) in [6, 6.07) is 0. The molecule has 0 aliphatic carbocycles. The molecule has 0 atom stereocenters. The van der Waals surface area contributed by atoms with Crippen LogP contribution in [0.1, 0.15) is 65.7 Å². The van der Waals surface area contributed by atoms with Crippen LogP contribution < -0.4 is 5.32 Å². The summed E-state index contributed by atoms with van der Waals surface area (Å²) in [6.45, 7) is 8.18. The van der Waals surface area contributed by atoms with E-state index in [1.165, 1.54) is 11.5 Å². The summed E-state index contributed by atoms with van der Waals surface area (Å²) in [6.07, 6.45) is 1.61. The number of amides is 3. The van der Waals surface area contributed by atoms with E-state index in [1.807, 2.05) is 21.6 Å². The van der Waals surface area contributed by atoms with Crippen molar-refractivity contribution in [2.45, 2.75) is 78.3 Å². The van der Waals surface area contributed by atoms with Crippen molar-refractivity contribution < 1.29 is 43.0 Å². The van der Waals surface area contributed by atoms with Gasteiger partial charge in [-0.15, -0.1) is 5.06 Å². The minimum absolute atomic E-state index is 0.0343. The molecule has 37 heavy (non-hydrogen) atoms. The number of carbonyl (C=O) groups is 4. The SMILES string of the molecule is CCCCCNC(=O)CC1OCC2(CO1)COC(CC(=O)ON1C(=O)CCC1=O)OC2.CCSSCC. The van der Waals surface area contributed by atoms with Crippen LogP contribution in [0.2, 0.25) is 0 Å². The first-order chi connectivity index (χ1) is 17.8. The number of nitrogens with zero attached hydrogens (tertiary/aromatic N) is 1. The summed E-state index contributed by atoms with van der Waals surface area (Å²) in [5.74, 6) is 0.496. The Morgan fingerprint density at radius 3 is 1.89 bits per heavy atom. The Morgan fingerprint density at radius 1 is 0.892 bits per heavy atom. The van der Waals surface area contributed by atoms with Crippen LogP contribution in [0.5, 0.6) is 0 Å². The molecule has 0 saturated carbocycles. The lowest BCUT2D eigenvalue weighted by atomic mass is 9.90. The van der Waals surface area contributed by atoms with Gasteiger partial charge < -0.3 is 29.1 Å². The van der Waals surface area contributed by atoms with Crippen LogP contribution >= 0.6 is 21.6 Å². The maximum Gasteiger partial charge on any atom is 0.338 e. The highest BCUT2D eigenvalue weighted by Gasteiger charge is 2.43. The molecule has 1 spiro atoms. The van der Waals surface area contributed by atoms with Gasteiger partial charge in [-0.05, 0) is 6.42 Å². The second-order valence-electron chi connectivity index (χ2n) is 8.93. The molecule has 3 fully saturated rings. The van der Waals surface area contributed by atoms with Gasteiger partial charge in [0, 0.05) is 30.9 Å². The van der Waals surface area contributed by atoms with Crippen LogP contribution in [-0.2, 0) is 43.0 Å². The number of hydrogen-bond donors (Lipinski definition) is 1. The van der Waals surface area contributed by atoms with Crippen molar-refractivity contribution >= 4 is 45.3 Å². The highest BCUT2D eigenvalue weighted by Crippen LogP contribution is 2.31. The van der Waals surface area contributed by atoms with E-state index >= 15 is 0 Å². The summed E-state index contributed by atoms with van der Waals surface area (Å²) >= 11 is 0. The van der Waals surface area contributed by atoms with Gasteiger partial charge in [0.1, 0.15) is 0 Å². The van der Waals surface area contributed by atoms with Gasteiger partial charge in [0.25, 0.3) is 11.8 Å². The quantitative estimate of drug-likeness (QED) is 0.213. The van der Waals surface area contributed by atoms with Crippen molar-refractivity contribution in [3.8, 4) is 0 Å². The fourth-order valence-electron chi connectivity index (χ4n) is 3.59. The summed E-state index contributed by atoms with van der Waals surface area (Å²) in [5.41, 5.74) is -0.518. The molecule has 11 nitrogen and oxygen atoms in total. The number of hydrogen-bond acceptors (Lipinski definition) is 11. The molecule has 0 aromatic carbocycles. The zero-order valence-corrected chi connectivity index (χ0v) is 23.6. The van der Waals surface area contributed by atoms with Crippen molar-refractivity contribution in [3.63, 3.8) is 0 Å². The van der Waals surface area contributed by atoms with Crippen LogP contribution in [0, 0.1) is 5.41 Å². The number of unbranched alkanes of at least 4 members (excludes halogenated alkanes) is 2. The van der Waals surface area contributed by atoms with Gasteiger partial charge in [-0.1, -0.05) is 55.2 Å². The van der Waals surface area contributed by atoms with Crippen LogP contribution in [0.3, 0.4) is 0 Å². The standard InChI is InChI=1S/C20H30N2O9.C4H10S2/c1-2-3-4-7-21-14(23)8-18-27-10-20(11-28-18)12-29-19(30-13-20)9-17(26)31-22-15(24)5-6-16(22)25;1-3-5-6-4-2/h18-19H,2-13H2,1H3,(H,21,23);3-4H2,1-2H3. The molecule has 3 saturated heterocycles. The molecular formula is C24H40N2O9S2. The largest absolute Gasteiger partial charge is 0.356 e. The predicted molar refractivity (Wildman–Crippen MR) is 139 cm³/mol. The predicted octanol–water partition coefficient (Wildman–Crippen LogP) is 2.82. The van der Waals surface area contributed by atoms with Crippen molar-refractivity contribution in [1.29, 1.82) is 0 Å². The van der Waals surface area contributed by atoms with E-state index in [2.05, 4.69) is 26.1 Å². The molecule has 0 aromatic rings. The van der Waals surface area contributed by atoms with Crippen molar-refractivity contribution in [1.82, 2.24) is 10.4 Å². The first-order valence-corrected chi connectivity index (χ1v) is 15.3. The van der Waals surface area contributed by atoms with Gasteiger partial charge in [-0.3, -0.25) is 14.4 Å². The van der Waals surface area contributed by atoms with Gasteiger partial charge in [0.2, 0.25) is 5.91 Å². The van der Waals surface area contributed by atoms with E-state index in [9.17, 15) is 19.2 Å². The maximum absolute atomic E-state index is 12.0. The lowest BCUT2D eigenvalue weighted by Crippen LogP contribution is -2.53. The van der Waals surface area contributed by atoms with E-state index in [-0.39, 0.29) is 44.8 Å². The molecular weight excluding hydrogens is 524 g/mol. The van der Waals surface area contributed by atoms with Gasteiger partial charge in [0.05, 0.1) is 44.7 Å². The third-order valence-corrected chi connectivity index (χ3v) is 8.16. The summed E-state index contributed by atoms with van der Waals surface area (Å²) in [4.78, 5) is 51.7. The summed E-state index contributed by atoms with van der Waals surface area (Å²) < 4.78 is 22.6. The van der Waals surface area contributed by atoms with Crippen molar-refractivity contribution in [2.24, 2.45) is 5.41 Å². The number of carbonyl (C=O) groups excluding carboxylic acids is 4. The molecule has 3 rings (SSSR count). The van der Waals surface area contributed by atoms with E-state index in [1.54, 1.807) is 0 Å². The first kappa shape index (κ1) is 31.8. The van der Waals surface area contributed by atoms with Crippen LogP contribution in [0.4, 0.5) is 0 Å². The fourth-order valence-corrected chi connectivity index (χ4v) is 4.92. The van der Waals surface area contributed by atoms with Crippen LogP contribution in [0.25, 0.3) is 0 Å². The van der Waals surface area contributed by atoms with Crippen LogP contribution in [-0.4, -0.2) is 85.8 Å². The highest BCUT2D eigenvalue weighted by molar-refractivity contribution is 8.76. The minimum Gasteiger partial charge on any atom is -0.356 e. The number of nitrogens with one attached hydrogen (secondary N) is 1. The Kier molecular flexibility index (Phi) is 14.8. The Balaban J connectivity index is 0.000000717. The zero-order chi connectivity index (χ0) is 27.1. The monoisotopic (exact) mass is 564 g/mol. The lowest BCUT2D eigenvalue weighted by Gasteiger charge is -2.43. The first-order valence-electron chi connectivity index (χ1n) is 12.9. The molecule has 212 valence electrons. The lowest BCUT2D eigenvalue weighted by molar-refractivity contribution is -0.302. The topological polar surface area (TPSA) is 130 Å². The van der Waals surface area contributed by atoms with Crippen molar-refractivity contribution in [3.05, 3.63) is 0 Å². The molecule has 3 amide bonds. The Morgan fingerprint density at radius 2 is 1.41 bits per heavy atom. The highest BCUT2D eigenvalue weighted by atomic mass is 33.1. The van der Waals surface area contributed by atoms with E-state index in [0.717, 1.165) is 19.3 Å². The molecule has 13 heteroatoms. The minimum atomic E-state index is -0.849. The maximum atomic E-state index is 12.0. The Labute approximate surface area is 226 Å². The van der Waals surface area contributed by atoms with Gasteiger partial charge in [0.15, 0.2) is 12.6 Å². The third kappa shape index (κ3) is 11.5. The average Bonchev–Trinajstić information content (AvgIpc) is 3.21. The number of imide groups is 1. The summed E-state index contributed by atoms with van der Waals surface area (Å²) in [5, 5.41) is 3.35. The average molecular weight is 565 g/mol. The van der Waals surface area contributed by atoms with E-state index in [4.69, 9.17) is 23.8 Å². The fraction of sp³-hybridized carbons (Fsp3) is 0.833. The van der Waals surface area contributed by atoms with Gasteiger partial charge >= 0.3 is 5.97 Å². The van der Waals surface area contributed by atoms with Crippen LogP contribution in [0.15, 0.2) is 0 Å². The normalized spacial score (nSPS) is 25.5. The third-order valence-electron chi connectivity index (χ3n) is 5.61. The Hall–Kier alpha value is -1.38. The van der Waals surface area contributed by atoms with E-state index < -0.39 is 35.8 Å². The van der Waals surface area contributed by atoms with Gasteiger partial charge in [-0.2, -0.15) is 0 Å². The molecule has 3 heterocycles. The molecule has 3 aliphatic heterocycles. The zero-order valence-electron chi connectivity index (χ0n) is 22.0. The molecule has 1 N–H and O–H groups in total. The second kappa shape index (κ2) is 17.3. The molecule has 0 radical (unpaired) electrons. The number of ether oxygens (including phenoxy) is 4. The summed E-state index contributed by atoms with van der Waals surface area (Å²) in [7, 11) is 3.85. The smallest absolute Gasteiger partial charge is 0.338 e. The molecule has 0 unspecified atom stereocenters. The molecule has 0 bridgehead atoms. The van der Waals surface area contributed by atoms with Crippen molar-refractivity contribution in [2.75, 3.05) is 44.5 Å². The Bertz CT molecular complexity index is 718. The van der Waals surface area contributed by atoms with E-state index in [0.29, 0.717) is 24.8 Å².